The van der Waals surface area contributed by atoms with Crippen LogP contribution in [0.4, 0.5) is 4.79 Å². The Morgan fingerprint density at radius 2 is 1.87 bits per heavy atom. The zero-order valence-corrected chi connectivity index (χ0v) is 28.0. The normalized spacial score (nSPS) is 16.3. The van der Waals surface area contributed by atoms with Crippen LogP contribution in [0.25, 0.3) is 11.0 Å². The van der Waals surface area contributed by atoms with Crippen LogP contribution in [0, 0.1) is 6.92 Å². The largest absolute Gasteiger partial charge is 0.466 e. The molecular formula is C35H49N5O6. The van der Waals surface area contributed by atoms with E-state index in [9.17, 15) is 9.59 Å². The molecular weight excluding hydrogens is 586 g/mol. The molecule has 3 heterocycles. The van der Waals surface area contributed by atoms with Gasteiger partial charge < -0.3 is 29.2 Å². The number of ether oxygens (including phenoxy) is 4. The van der Waals surface area contributed by atoms with Gasteiger partial charge in [-0.25, -0.2) is 9.48 Å². The van der Waals surface area contributed by atoms with Crippen LogP contribution in [0.2, 0.25) is 0 Å². The van der Waals surface area contributed by atoms with Crippen molar-refractivity contribution in [3.05, 3.63) is 58.1 Å². The number of amides is 1. The number of piperidine rings is 1. The summed E-state index contributed by atoms with van der Waals surface area (Å²) < 4.78 is 24.7. The number of esters is 1. The predicted molar refractivity (Wildman–Crippen MR) is 175 cm³/mol. The molecule has 11 nitrogen and oxygen atoms in total. The standard InChI is InChI=1S/C35H49N5O6/c1-6-44-32(41)22-30(26-8-7-25-13-16-39(23-27(25)21-26)34(42)46-35(3,4)5)29-9-10-31-33(24(29)2)37-38-40(31)17-18-43-19-20-45-28-11-14-36-15-12-28/h7-10,21,28,30,36H,6,11-20,22-23H2,1-5H3. The summed E-state index contributed by atoms with van der Waals surface area (Å²) in [6, 6.07) is 10.4. The van der Waals surface area contributed by atoms with Gasteiger partial charge in [-0.1, -0.05) is 29.5 Å². The molecule has 1 N–H and O–H groups in total. The van der Waals surface area contributed by atoms with Crippen molar-refractivity contribution in [1.82, 2.24) is 25.2 Å². The number of hydrogen-bond acceptors (Lipinski definition) is 9. The highest BCUT2D eigenvalue weighted by molar-refractivity contribution is 5.80. The first-order chi connectivity index (χ1) is 22.1. The fourth-order valence-corrected chi connectivity index (χ4v) is 6.28. The summed E-state index contributed by atoms with van der Waals surface area (Å²) in [7, 11) is 0. The Labute approximate surface area is 271 Å². The van der Waals surface area contributed by atoms with Crippen molar-refractivity contribution in [3.63, 3.8) is 0 Å². The monoisotopic (exact) mass is 635 g/mol. The van der Waals surface area contributed by atoms with Crippen molar-refractivity contribution in [2.24, 2.45) is 0 Å². The van der Waals surface area contributed by atoms with E-state index >= 15 is 0 Å². The minimum absolute atomic E-state index is 0.191. The molecule has 1 atom stereocenters. The van der Waals surface area contributed by atoms with Crippen molar-refractivity contribution in [2.75, 3.05) is 46.1 Å². The molecule has 11 heteroatoms. The number of rotatable bonds is 12. The van der Waals surface area contributed by atoms with E-state index in [-0.39, 0.29) is 24.4 Å². The second kappa shape index (κ2) is 15.4. The summed E-state index contributed by atoms with van der Waals surface area (Å²) in [5.74, 6) is -0.510. The number of nitrogens with zero attached hydrogens (tertiary/aromatic N) is 4. The highest BCUT2D eigenvalue weighted by Gasteiger charge is 2.28. The van der Waals surface area contributed by atoms with Gasteiger partial charge in [0.15, 0.2) is 0 Å². The van der Waals surface area contributed by atoms with Crippen molar-refractivity contribution >= 4 is 23.1 Å². The minimum Gasteiger partial charge on any atom is -0.466 e. The number of nitrogens with one attached hydrogen (secondary N) is 1. The summed E-state index contributed by atoms with van der Waals surface area (Å²) in [6.45, 7) is 15.1. The molecule has 0 saturated carbocycles. The fourth-order valence-electron chi connectivity index (χ4n) is 6.28. The molecule has 5 rings (SSSR count). The molecule has 2 aliphatic heterocycles. The molecule has 1 unspecified atom stereocenters. The third kappa shape index (κ3) is 8.63. The van der Waals surface area contributed by atoms with Crippen LogP contribution in [0.3, 0.4) is 0 Å². The van der Waals surface area contributed by atoms with Crippen LogP contribution in [0.5, 0.6) is 0 Å². The summed E-state index contributed by atoms with van der Waals surface area (Å²) in [6.07, 6.45) is 3.05. The first-order valence-electron chi connectivity index (χ1n) is 16.6. The van der Waals surface area contributed by atoms with Crippen molar-refractivity contribution in [2.45, 2.75) is 91.0 Å². The smallest absolute Gasteiger partial charge is 0.410 e. The molecule has 1 fully saturated rings. The van der Waals surface area contributed by atoms with Gasteiger partial charge in [-0.3, -0.25) is 4.79 Å². The van der Waals surface area contributed by atoms with Crippen LogP contribution in [0.1, 0.15) is 80.7 Å². The molecule has 1 saturated heterocycles. The Kier molecular flexibility index (Phi) is 11.3. The first kappa shape index (κ1) is 33.8. The van der Waals surface area contributed by atoms with E-state index in [0.717, 1.165) is 65.6 Å². The van der Waals surface area contributed by atoms with E-state index in [4.69, 9.17) is 18.9 Å². The maximum atomic E-state index is 12.9. The molecule has 2 aliphatic rings. The summed E-state index contributed by atoms with van der Waals surface area (Å²) >= 11 is 0. The average molecular weight is 636 g/mol. The molecule has 2 aromatic carbocycles. The number of carbonyl (C=O) groups excluding carboxylic acids is 2. The minimum atomic E-state index is -0.559. The second-order valence-electron chi connectivity index (χ2n) is 13.1. The quantitative estimate of drug-likeness (QED) is 0.219. The molecule has 46 heavy (non-hydrogen) atoms. The molecule has 1 aromatic heterocycles. The molecule has 0 spiro atoms. The lowest BCUT2D eigenvalue weighted by molar-refractivity contribution is -0.143. The summed E-state index contributed by atoms with van der Waals surface area (Å²) in [5, 5.41) is 12.3. The third-order valence-corrected chi connectivity index (χ3v) is 8.65. The topological polar surface area (TPSA) is 117 Å². The van der Waals surface area contributed by atoms with Gasteiger partial charge >= 0.3 is 12.1 Å². The van der Waals surface area contributed by atoms with E-state index in [1.165, 1.54) is 5.56 Å². The van der Waals surface area contributed by atoms with Gasteiger partial charge in [-0.05, 0) is 101 Å². The van der Waals surface area contributed by atoms with Gasteiger partial charge in [0, 0.05) is 19.0 Å². The SMILES string of the molecule is CCOC(=O)CC(c1ccc2c(c1)CN(C(=O)OC(C)(C)C)CC2)c1ccc2c(nnn2CCOCCOC2CCNCC2)c1C. The first-order valence-corrected chi connectivity index (χ1v) is 16.6. The van der Waals surface area contributed by atoms with Crippen molar-refractivity contribution < 1.29 is 28.5 Å². The lowest BCUT2D eigenvalue weighted by Crippen LogP contribution is -2.39. The van der Waals surface area contributed by atoms with Gasteiger partial charge in [0.25, 0.3) is 0 Å². The Morgan fingerprint density at radius 3 is 2.63 bits per heavy atom. The van der Waals surface area contributed by atoms with Gasteiger partial charge in [-0.15, -0.1) is 5.10 Å². The van der Waals surface area contributed by atoms with E-state index < -0.39 is 5.60 Å². The molecule has 250 valence electrons. The average Bonchev–Trinajstić information content (AvgIpc) is 3.45. The Morgan fingerprint density at radius 1 is 1.07 bits per heavy atom. The molecule has 0 bridgehead atoms. The van der Waals surface area contributed by atoms with E-state index in [2.05, 4.69) is 39.9 Å². The van der Waals surface area contributed by atoms with E-state index in [1.54, 1.807) is 4.90 Å². The molecule has 0 radical (unpaired) electrons. The van der Waals surface area contributed by atoms with Crippen LogP contribution in [0.15, 0.2) is 30.3 Å². The highest BCUT2D eigenvalue weighted by atomic mass is 16.6. The third-order valence-electron chi connectivity index (χ3n) is 8.65. The van der Waals surface area contributed by atoms with Crippen LogP contribution < -0.4 is 5.32 Å². The number of aryl methyl sites for hydroxylation is 1. The summed E-state index contributed by atoms with van der Waals surface area (Å²) in [5.41, 5.74) is 6.40. The van der Waals surface area contributed by atoms with Gasteiger partial charge in [0.05, 0.1) is 51.0 Å². The number of benzene rings is 2. The van der Waals surface area contributed by atoms with Crippen LogP contribution in [-0.2, 0) is 43.3 Å². The Hall–Kier alpha value is -3.54. The predicted octanol–water partition coefficient (Wildman–Crippen LogP) is 4.90. The molecule has 3 aromatic rings. The summed E-state index contributed by atoms with van der Waals surface area (Å²) in [4.78, 5) is 27.5. The number of fused-ring (bicyclic) bond motifs is 2. The zero-order chi connectivity index (χ0) is 32.7. The Bertz CT molecular complexity index is 1490. The Balaban J connectivity index is 1.30. The second-order valence-corrected chi connectivity index (χ2v) is 13.1. The highest BCUT2D eigenvalue weighted by Crippen LogP contribution is 2.35. The van der Waals surface area contributed by atoms with Crippen molar-refractivity contribution in [1.29, 1.82) is 0 Å². The van der Waals surface area contributed by atoms with Gasteiger partial charge in [-0.2, -0.15) is 0 Å². The number of hydrogen-bond donors (Lipinski definition) is 1. The number of aromatic nitrogens is 3. The van der Waals surface area contributed by atoms with E-state index in [0.29, 0.717) is 52.2 Å². The van der Waals surface area contributed by atoms with Crippen LogP contribution in [-0.4, -0.2) is 89.7 Å². The lowest BCUT2D eigenvalue weighted by Gasteiger charge is -2.32. The maximum absolute atomic E-state index is 12.9. The van der Waals surface area contributed by atoms with E-state index in [1.807, 2.05) is 45.4 Å². The fraction of sp³-hybridized carbons (Fsp3) is 0.600. The zero-order valence-electron chi connectivity index (χ0n) is 28.0. The van der Waals surface area contributed by atoms with Gasteiger partial charge in [0.1, 0.15) is 11.1 Å². The molecule has 1 amide bonds. The van der Waals surface area contributed by atoms with Crippen LogP contribution >= 0.6 is 0 Å². The lowest BCUT2D eigenvalue weighted by atomic mass is 9.83. The molecule has 0 aliphatic carbocycles. The number of carbonyl (C=O) groups is 2. The van der Waals surface area contributed by atoms with Gasteiger partial charge in [0.2, 0.25) is 0 Å². The van der Waals surface area contributed by atoms with Crippen molar-refractivity contribution in [3.8, 4) is 0 Å². The maximum Gasteiger partial charge on any atom is 0.410 e.